The third kappa shape index (κ3) is 3.27. The van der Waals surface area contributed by atoms with E-state index in [9.17, 15) is 0 Å². The number of pyridine rings is 1. The predicted octanol–water partition coefficient (Wildman–Crippen LogP) is 2.83. The second-order valence-electron chi connectivity index (χ2n) is 5.40. The lowest BCUT2D eigenvalue weighted by Crippen LogP contribution is -2.12. The molecule has 1 aliphatic rings. The van der Waals surface area contributed by atoms with Crippen molar-refractivity contribution in [2.75, 3.05) is 7.05 Å². The molecule has 2 aromatic rings. The molecule has 21 heavy (non-hydrogen) atoms. The summed E-state index contributed by atoms with van der Waals surface area (Å²) in [5.74, 6) is 1.12. The highest BCUT2D eigenvalue weighted by Crippen LogP contribution is 2.27. The van der Waals surface area contributed by atoms with Gasteiger partial charge < -0.3 is 9.88 Å². The maximum Gasteiger partial charge on any atom is 0.197 e. The molecule has 0 amide bonds. The molecule has 0 bridgehead atoms. The van der Waals surface area contributed by atoms with Gasteiger partial charge in [0.25, 0.3) is 0 Å². The Bertz CT molecular complexity index is 593. The minimum Gasteiger partial charge on any atom is -0.313 e. The smallest absolute Gasteiger partial charge is 0.197 e. The molecule has 6 heteroatoms. The molecular formula is C15H21N5S. The second-order valence-corrected chi connectivity index (χ2v) is 6.39. The van der Waals surface area contributed by atoms with Gasteiger partial charge in [-0.3, -0.25) is 0 Å². The van der Waals surface area contributed by atoms with Crippen LogP contribution in [0.4, 0.5) is 0 Å². The van der Waals surface area contributed by atoms with Crippen LogP contribution in [0.1, 0.15) is 43.6 Å². The average Bonchev–Trinajstić information content (AvgIpc) is 2.75. The van der Waals surface area contributed by atoms with Gasteiger partial charge in [0.15, 0.2) is 5.16 Å². The van der Waals surface area contributed by atoms with Crippen molar-refractivity contribution in [1.29, 1.82) is 0 Å². The maximum absolute atomic E-state index is 4.54. The van der Waals surface area contributed by atoms with E-state index in [2.05, 4.69) is 44.1 Å². The van der Waals surface area contributed by atoms with E-state index >= 15 is 0 Å². The molecule has 0 fully saturated rings. The van der Waals surface area contributed by atoms with Gasteiger partial charge in [-0.05, 0) is 50.2 Å². The first-order valence-electron chi connectivity index (χ1n) is 7.51. The van der Waals surface area contributed by atoms with Crippen molar-refractivity contribution in [3.63, 3.8) is 0 Å². The van der Waals surface area contributed by atoms with Crippen LogP contribution in [0.15, 0.2) is 28.5 Å². The molecule has 1 N–H and O–H groups in total. The summed E-state index contributed by atoms with van der Waals surface area (Å²) in [7, 11) is 1.96. The molecule has 3 heterocycles. The van der Waals surface area contributed by atoms with E-state index in [1.165, 1.54) is 24.8 Å². The van der Waals surface area contributed by atoms with Crippen LogP contribution in [-0.2, 0) is 13.0 Å². The van der Waals surface area contributed by atoms with Gasteiger partial charge in [0, 0.05) is 25.2 Å². The standard InChI is InChI=1S/C15H21N5S/c1-11(16-2)12-7-8-14(17-10-12)21-15-19-18-13-6-4-3-5-9-20(13)15/h7-8,10-11,16H,3-6,9H2,1-2H3. The van der Waals surface area contributed by atoms with E-state index < -0.39 is 0 Å². The summed E-state index contributed by atoms with van der Waals surface area (Å²) in [5.41, 5.74) is 1.20. The Morgan fingerprint density at radius 1 is 1.24 bits per heavy atom. The lowest BCUT2D eigenvalue weighted by Gasteiger charge is -2.10. The first-order chi connectivity index (χ1) is 10.3. The molecule has 0 radical (unpaired) electrons. The Morgan fingerprint density at radius 3 is 2.90 bits per heavy atom. The molecule has 0 aliphatic carbocycles. The van der Waals surface area contributed by atoms with Crippen LogP contribution in [0.25, 0.3) is 0 Å². The third-order valence-corrected chi connectivity index (χ3v) is 4.90. The van der Waals surface area contributed by atoms with Gasteiger partial charge in [-0.25, -0.2) is 4.98 Å². The molecule has 0 saturated carbocycles. The molecule has 0 aromatic carbocycles. The Labute approximate surface area is 129 Å². The fraction of sp³-hybridized carbons (Fsp3) is 0.533. The molecule has 3 rings (SSSR count). The number of rotatable bonds is 4. The second kappa shape index (κ2) is 6.58. The highest BCUT2D eigenvalue weighted by molar-refractivity contribution is 7.99. The first kappa shape index (κ1) is 14.5. The van der Waals surface area contributed by atoms with Crippen LogP contribution in [0, 0.1) is 0 Å². The Kier molecular flexibility index (Phi) is 4.55. The maximum atomic E-state index is 4.54. The number of aryl methyl sites for hydroxylation is 1. The molecule has 0 spiro atoms. The van der Waals surface area contributed by atoms with E-state index in [0.717, 1.165) is 29.0 Å². The van der Waals surface area contributed by atoms with E-state index in [4.69, 9.17) is 0 Å². The SMILES string of the molecule is CNC(C)c1ccc(Sc2nnc3n2CCCCC3)nc1. The van der Waals surface area contributed by atoms with Crippen molar-refractivity contribution in [2.24, 2.45) is 0 Å². The third-order valence-electron chi connectivity index (χ3n) is 3.96. The normalized spacial score (nSPS) is 16.3. The molecule has 1 aliphatic heterocycles. The van der Waals surface area contributed by atoms with Crippen molar-refractivity contribution in [3.8, 4) is 0 Å². The molecule has 0 saturated heterocycles. The van der Waals surface area contributed by atoms with E-state index in [1.807, 2.05) is 13.2 Å². The van der Waals surface area contributed by atoms with Crippen molar-refractivity contribution in [3.05, 3.63) is 29.7 Å². The van der Waals surface area contributed by atoms with Gasteiger partial charge in [0.05, 0.1) is 0 Å². The van der Waals surface area contributed by atoms with Gasteiger partial charge >= 0.3 is 0 Å². The molecule has 1 unspecified atom stereocenters. The molecule has 2 aromatic heterocycles. The van der Waals surface area contributed by atoms with Crippen LogP contribution in [0.3, 0.4) is 0 Å². The van der Waals surface area contributed by atoms with Gasteiger partial charge in [-0.1, -0.05) is 12.5 Å². The number of fused-ring (bicyclic) bond motifs is 1. The highest BCUT2D eigenvalue weighted by Gasteiger charge is 2.16. The highest BCUT2D eigenvalue weighted by atomic mass is 32.2. The molecule has 112 valence electrons. The van der Waals surface area contributed by atoms with Gasteiger partial charge in [0.1, 0.15) is 10.9 Å². The molecule has 1 atom stereocenters. The van der Waals surface area contributed by atoms with Gasteiger partial charge in [-0.2, -0.15) is 0 Å². The zero-order valence-corrected chi connectivity index (χ0v) is 13.4. The van der Waals surface area contributed by atoms with Crippen LogP contribution < -0.4 is 5.32 Å². The summed E-state index contributed by atoms with van der Waals surface area (Å²) < 4.78 is 2.25. The Balaban J connectivity index is 1.76. The number of aromatic nitrogens is 4. The Hall–Kier alpha value is -1.40. The monoisotopic (exact) mass is 303 g/mol. The van der Waals surface area contributed by atoms with Crippen molar-refractivity contribution in [2.45, 2.75) is 55.4 Å². The van der Waals surface area contributed by atoms with E-state index in [1.54, 1.807) is 11.8 Å². The number of nitrogens with zero attached hydrogens (tertiary/aromatic N) is 4. The summed E-state index contributed by atoms with van der Waals surface area (Å²) in [4.78, 5) is 4.54. The first-order valence-corrected chi connectivity index (χ1v) is 8.32. The average molecular weight is 303 g/mol. The summed E-state index contributed by atoms with van der Waals surface area (Å²) >= 11 is 1.60. The number of hydrogen-bond acceptors (Lipinski definition) is 5. The lowest BCUT2D eigenvalue weighted by molar-refractivity contribution is 0.590. The summed E-state index contributed by atoms with van der Waals surface area (Å²) in [6.07, 6.45) is 6.69. The largest absolute Gasteiger partial charge is 0.313 e. The predicted molar refractivity (Wildman–Crippen MR) is 83.4 cm³/mol. The van der Waals surface area contributed by atoms with E-state index in [-0.39, 0.29) is 0 Å². The van der Waals surface area contributed by atoms with Crippen LogP contribution in [0.2, 0.25) is 0 Å². The fourth-order valence-electron chi connectivity index (χ4n) is 2.50. The van der Waals surface area contributed by atoms with E-state index in [0.29, 0.717) is 6.04 Å². The Morgan fingerprint density at radius 2 is 2.14 bits per heavy atom. The fourth-order valence-corrected chi connectivity index (χ4v) is 3.32. The van der Waals surface area contributed by atoms with Crippen LogP contribution >= 0.6 is 11.8 Å². The van der Waals surface area contributed by atoms with Crippen molar-refractivity contribution >= 4 is 11.8 Å². The van der Waals surface area contributed by atoms with Crippen molar-refractivity contribution in [1.82, 2.24) is 25.1 Å². The summed E-state index contributed by atoms with van der Waals surface area (Å²) in [6.45, 7) is 3.15. The quantitative estimate of drug-likeness (QED) is 0.941. The van der Waals surface area contributed by atoms with Crippen LogP contribution in [0.5, 0.6) is 0 Å². The van der Waals surface area contributed by atoms with Gasteiger partial charge in [0.2, 0.25) is 0 Å². The minimum atomic E-state index is 0.320. The number of nitrogens with one attached hydrogen (secondary N) is 1. The van der Waals surface area contributed by atoms with Gasteiger partial charge in [-0.15, -0.1) is 10.2 Å². The molecular weight excluding hydrogens is 282 g/mol. The van der Waals surface area contributed by atoms with Crippen molar-refractivity contribution < 1.29 is 0 Å². The summed E-state index contributed by atoms with van der Waals surface area (Å²) in [6, 6.07) is 4.50. The lowest BCUT2D eigenvalue weighted by atomic mass is 10.1. The topological polar surface area (TPSA) is 55.6 Å². The zero-order valence-electron chi connectivity index (χ0n) is 12.5. The minimum absolute atomic E-state index is 0.320. The summed E-state index contributed by atoms with van der Waals surface area (Å²) in [5, 5.41) is 13.8. The number of hydrogen-bond donors (Lipinski definition) is 1. The molecule has 5 nitrogen and oxygen atoms in total. The van der Waals surface area contributed by atoms with Crippen LogP contribution in [-0.4, -0.2) is 26.8 Å². The zero-order chi connectivity index (χ0) is 14.7.